The van der Waals surface area contributed by atoms with E-state index in [9.17, 15) is 9.59 Å². The molecule has 0 heterocycles. The van der Waals surface area contributed by atoms with Gasteiger partial charge in [0.05, 0.1) is 5.69 Å². The third-order valence-electron chi connectivity index (χ3n) is 4.90. The number of anilines is 1. The molecule has 132 valence electrons. The molecule has 0 aliphatic heterocycles. The van der Waals surface area contributed by atoms with Crippen molar-refractivity contribution in [1.29, 1.82) is 0 Å². The molecule has 0 radical (unpaired) electrons. The Morgan fingerprint density at radius 1 is 1.12 bits per heavy atom. The number of nitrogens with zero attached hydrogens (tertiary/aromatic N) is 1. The number of rotatable bonds is 5. The van der Waals surface area contributed by atoms with E-state index in [1.165, 1.54) is 0 Å². The first-order valence-corrected chi connectivity index (χ1v) is 9.61. The van der Waals surface area contributed by atoms with Crippen LogP contribution >= 0.6 is 15.9 Å². The summed E-state index contributed by atoms with van der Waals surface area (Å²) in [5.74, 6) is 0.396. The Kier molecular flexibility index (Phi) is 6.84. The lowest BCUT2D eigenvalue weighted by molar-refractivity contribution is -0.137. The zero-order valence-corrected chi connectivity index (χ0v) is 16.4. The summed E-state index contributed by atoms with van der Waals surface area (Å²) >= 11 is 3.50. The van der Waals surface area contributed by atoms with Gasteiger partial charge in [0.1, 0.15) is 0 Å². The van der Waals surface area contributed by atoms with Gasteiger partial charge < -0.3 is 10.2 Å². The molecule has 1 fully saturated rings. The molecule has 24 heavy (non-hydrogen) atoms. The van der Waals surface area contributed by atoms with Crippen LogP contribution in [0.15, 0.2) is 22.7 Å². The van der Waals surface area contributed by atoms with Crippen LogP contribution in [0.4, 0.5) is 5.69 Å². The number of carbonyl (C=O) groups excluding carboxylic acids is 2. The first-order chi connectivity index (χ1) is 11.5. The summed E-state index contributed by atoms with van der Waals surface area (Å²) in [5.41, 5.74) is 1.96. The van der Waals surface area contributed by atoms with Gasteiger partial charge in [0, 0.05) is 29.4 Å². The average molecular weight is 395 g/mol. The molecule has 4 nitrogen and oxygen atoms in total. The summed E-state index contributed by atoms with van der Waals surface area (Å²) in [5, 5.41) is 3.02. The normalized spacial score (nSPS) is 20.5. The Morgan fingerprint density at radius 2 is 1.71 bits per heavy atom. The maximum atomic E-state index is 12.5. The molecule has 2 rings (SSSR count). The summed E-state index contributed by atoms with van der Waals surface area (Å²) in [7, 11) is 0. The number of aryl methyl sites for hydroxylation is 1. The Balaban J connectivity index is 1.89. The number of carbonyl (C=O) groups is 2. The van der Waals surface area contributed by atoms with Crippen molar-refractivity contribution in [3.8, 4) is 0 Å². The van der Waals surface area contributed by atoms with Gasteiger partial charge >= 0.3 is 0 Å². The van der Waals surface area contributed by atoms with Crippen molar-refractivity contribution in [2.45, 2.75) is 46.5 Å². The van der Waals surface area contributed by atoms with Crippen LogP contribution in [-0.2, 0) is 9.59 Å². The van der Waals surface area contributed by atoms with Crippen molar-refractivity contribution < 1.29 is 9.59 Å². The molecule has 0 spiro atoms. The molecule has 1 aromatic rings. The van der Waals surface area contributed by atoms with Crippen LogP contribution in [0.25, 0.3) is 0 Å². The third-order valence-corrected chi connectivity index (χ3v) is 5.56. The van der Waals surface area contributed by atoms with Gasteiger partial charge in [-0.1, -0.05) is 6.07 Å². The summed E-state index contributed by atoms with van der Waals surface area (Å²) in [6.07, 6.45) is 3.19. The Morgan fingerprint density at radius 3 is 2.25 bits per heavy atom. The van der Waals surface area contributed by atoms with Gasteiger partial charge in [-0.05, 0) is 80.1 Å². The van der Waals surface area contributed by atoms with Crippen LogP contribution in [0.5, 0.6) is 0 Å². The van der Waals surface area contributed by atoms with E-state index in [4.69, 9.17) is 0 Å². The Labute approximate surface area is 153 Å². The third kappa shape index (κ3) is 4.59. The Bertz CT molecular complexity index is 591. The second-order valence-electron chi connectivity index (χ2n) is 6.53. The summed E-state index contributed by atoms with van der Waals surface area (Å²) in [4.78, 5) is 26.8. The quantitative estimate of drug-likeness (QED) is 0.805. The molecule has 1 aliphatic carbocycles. The van der Waals surface area contributed by atoms with Crippen LogP contribution in [0.1, 0.15) is 45.1 Å². The predicted molar refractivity (Wildman–Crippen MR) is 101 cm³/mol. The highest BCUT2D eigenvalue weighted by Crippen LogP contribution is 2.32. The van der Waals surface area contributed by atoms with Gasteiger partial charge in [0.25, 0.3) is 0 Å². The van der Waals surface area contributed by atoms with E-state index in [1.54, 1.807) is 0 Å². The van der Waals surface area contributed by atoms with Crippen molar-refractivity contribution >= 4 is 33.4 Å². The molecule has 1 N–H and O–H groups in total. The maximum Gasteiger partial charge on any atom is 0.227 e. The molecule has 0 atom stereocenters. The fourth-order valence-corrected chi connectivity index (χ4v) is 3.94. The van der Waals surface area contributed by atoms with Crippen molar-refractivity contribution in [1.82, 2.24) is 4.90 Å². The minimum Gasteiger partial charge on any atom is -0.343 e. The van der Waals surface area contributed by atoms with Gasteiger partial charge in [0.15, 0.2) is 0 Å². The van der Waals surface area contributed by atoms with Gasteiger partial charge in [-0.15, -0.1) is 0 Å². The number of nitrogens with one attached hydrogen (secondary N) is 1. The molecule has 0 saturated heterocycles. The van der Waals surface area contributed by atoms with Gasteiger partial charge in [-0.2, -0.15) is 0 Å². The van der Waals surface area contributed by atoms with E-state index in [1.807, 2.05) is 43.9 Å². The standard InChI is InChI=1S/C19H27BrN2O2/c1-4-22(5-2)19(24)15-9-7-14(8-10-15)18(23)21-17-11-6-13(3)12-16(17)20/h6,11-12,14-15H,4-5,7-10H2,1-3H3,(H,21,23). The number of benzene rings is 1. The molecule has 1 aromatic carbocycles. The van der Waals surface area contributed by atoms with Gasteiger partial charge in [-0.3, -0.25) is 9.59 Å². The molecular formula is C19H27BrN2O2. The summed E-state index contributed by atoms with van der Waals surface area (Å²) in [6.45, 7) is 7.57. The molecule has 0 bridgehead atoms. The molecule has 0 unspecified atom stereocenters. The largest absolute Gasteiger partial charge is 0.343 e. The zero-order chi connectivity index (χ0) is 17.7. The van der Waals surface area contributed by atoms with Crippen LogP contribution < -0.4 is 5.32 Å². The molecule has 1 saturated carbocycles. The summed E-state index contributed by atoms with van der Waals surface area (Å²) < 4.78 is 0.904. The fraction of sp³-hybridized carbons (Fsp3) is 0.579. The minimum atomic E-state index is -0.000967. The highest BCUT2D eigenvalue weighted by molar-refractivity contribution is 9.10. The number of hydrogen-bond acceptors (Lipinski definition) is 2. The smallest absolute Gasteiger partial charge is 0.227 e. The van der Waals surface area contributed by atoms with E-state index in [0.717, 1.165) is 54.5 Å². The van der Waals surface area contributed by atoms with Gasteiger partial charge in [0.2, 0.25) is 11.8 Å². The van der Waals surface area contributed by atoms with E-state index in [-0.39, 0.29) is 23.7 Å². The topological polar surface area (TPSA) is 49.4 Å². The van der Waals surface area contributed by atoms with Crippen LogP contribution in [0, 0.1) is 18.8 Å². The van der Waals surface area contributed by atoms with Crippen molar-refractivity contribution in [3.05, 3.63) is 28.2 Å². The Hall–Kier alpha value is -1.36. The van der Waals surface area contributed by atoms with E-state index >= 15 is 0 Å². The zero-order valence-electron chi connectivity index (χ0n) is 14.8. The van der Waals surface area contributed by atoms with E-state index in [0.29, 0.717) is 0 Å². The lowest BCUT2D eigenvalue weighted by Crippen LogP contribution is -2.38. The monoisotopic (exact) mass is 394 g/mol. The maximum absolute atomic E-state index is 12.5. The number of halogens is 1. The van der Waals surface area contributed by atoms with Crippen LogP contribution in [0.3, 0.4) is 0 Å². The van der Waals surface area contributed by atoms with Crippen LogP contribution in [-0.4, -0.2) is 29.8 Å². The molecule has 0 aromatic heterocycles. The second kappa shape index (κ2) is 8.65. The minimum absolute atomic E-state index is 0.000967. The number of amides is 2. The average Bonchev–Trinajstić information content (AvgIpc) is 2.58. The molecule has 1 aliphatic rings. The van der Waals surface area contributed by atoms with Crippen molar-refractivity contribution in [3.63, 3.8) is 0 Å². The summed E-state index contributed by atoms with van der Waals surface area (Å²) in [6, 6.07) is 5.90. The molecular weight excluding hydrogens is 368 g/mol. The lowest BCUT2D eigenvalue weighted by Gasteiger charge is -2.30. The van der Waals surface area contributed by atoms with Crippen molar-refractivity contribution in [2.75, 3.05) is 18.4 Å². The van der Waals surface area contributed by atoms with E-state index < -0.39 is 0 Å². The SMILES string of the molecule is CCN(CC)C(=O)C1CCC(C(=O)Nc2ccc(C)cc2Br)CC1. The van der Waals surface area contributed by atoms with E-state index in [2.05, 4.69) is 21.2 Å². The molecule has 2 amide bonds. The molecule has 5 heteroatoms. The van der Waals surface area contributed by atoms with Crippen molar-refractivity contribution in [2.24, 2.45) is 11.8 Å². The first kappa shape index (κ1) is 19.0. The number of hydrogen-bond donors (Lipinski definition) is 1. The fourth-order valence-electron chi connectivity index (χ4n) is 3.35. The van der Waals surface area contributed by atoms with Crippen LogP contribution in [0.2, 0.25) is 0 Å². The highest BCUT2D eigenvalue weighted by atomic mass is 79.9. The predicted octanol–water partition coefficient (Wildman–Crippen LogP) is 4.37. The first-order valence-electron chi connectivity index (χ1n) is 8.82. The highest BCUT2D eigenvalue weighted by Gasteiger charge is 2.31. The second-order valence-corrected chi connectivity index (χ2v) is 7.39. The van der Waals surface area contributed by atoms with Gasteiger partial charge in [-0.25, -0.2) is 0 Å². The lowest BCUT2D eigenvalue weighted by atomic mass is 9.81.